The molecule has 0 bridgehead atoms. The lowest BCUT2D eigenvalue weighted by molar-refractivity contribution is -0.117. The van der Waals surface area contributed by atoms with E-state index in [1.54, 1.807) is 11.8 Å². The van der Waals surface area contributed by atoms with Gasteiger partial charge in [-0.15, -0.1) is 10.2 Å². The Morgan fingerprint density at radius 3 is 2.74 bits per heavy atom. The van der Waals surface area contributed by atoms with Crippen LogP contribution in [0.15, 0.2) is 30.3 Å². The number of nitrogens with one attached hydrogen (secondary N) is 1. The van der Waals surface area contributed by atoms with E-state index in [4.69, 9.17) is 5.73 Å². The summed E-state index contributed by atoms with van der Waals surface area (Å²) in [6.07, 6.45) is 3.58. The van der Waals surface area contributed by atoms with Crippen molar-refractivity contribution in [3.05, 3.63) is 40.9 Å². The summed E-state index contributed by atoms with van der Waals surface area (Å²) in [5, 5.41) is 12.5. The summed E-state index contributed by atoms with van der Waals surface area (Å²) in [6, 6.07) is 9.71. The van der Waals surface area contributed by atoms with Crippen molar-refractivity contribution in [3.8, 4) is 0 Å². The minimum atomic E-state index is -0.508. The van der Waals surface area contributed by atoms with Crippen molar-refractivity contribution in [3.63, 3.8) is 0 Å². The Morgan fingerprint density at radius 2 is 2.09 bits per heavy atom. The van der Waals surface area contributed by atoms with E-state index in [1.807, 2.05) is 24.5 Å². The fourth-order valence-electron chi connectivity index (χ4n) is 2.24. The van der Waals surface area contributed by atoms with Crippen LogP contribution in [0.1, 0.15) is 36.3 Å². The third-order valence-electron chi connectivity index (χ3n) is 3.55. The Morgan fingerprint density at radius 1 is 1.35 bits per heavy atom. The molecule has 2 rings (SSSR count). The highest BCUT2D eigenvalue weighted by Gasteiger charge is 2.19. The molecule has 0 saturated heterocycles. The van der Waals surface area contributed by atoms with Crippen molar-refractivity contribution >= 4 is 34.1 Å². The van der Waals surface area contributed by atoms with Crippen molar-refractivity contribution in [1.82, 2.24) is 10.2 Å². The van der Waals surface area contributed by atoms with Crippen LogP contribution in [0.4, 0.5) is 5.13 Å². The number of thioether (sulfide) groups is 1. The van der Waals surface area contributed by atoms with Gasteiger partial charge in [0.2, 0.25) is 11.0 Å². The number of nitrogens with zero attached hydrogens (tertiary/aromatic N) is 2. The molecule has 2 unspecified atom stereocenters. The number of hydrogen-bond donors (Lipinski definition) is 2. The van der Waals surface area contributed by atoms with Crippen LogP contribution >= 0.6 is 23.1 Å². The van der Waals surface area contributed by atoms with E-state index < -0.39 is 6.04 Å². The molecule has 7 heteroatoms. The number of benzene rings is 1. The second-order valence-corrected chi connectivity index (χ2v) is 7.19. The van der Waals surface area contributed by atoms with Gasteiger partial charge in [-0.3, -0.25) is 10.1 Å². The average Bonchev–Trinajstić information content (AvgIpc) is 3.02. The van der Waals surface area contributed by atoms with Crippen LogP contribution in [0.3, 0.4) is 0 Å². The number of amides is 1. The van der Waals surface area contributed by atoms with E-state index in [1.165, 1.54) is 16.9 Å². The maximum Gasteiger partial charge on any atom is 0.243 e. The van der Waals surface area contributed by atoms with E-state index in [0.29, 0.717) is 11.6 Å². The van der Waals surface area contributed by atoms with Gasteiger partial charge < -0.3 is 5.73 Å². The molecule has 2 aromatic rings. The van der Waals surface area contributed by atoms with Crippen molar-refractivity contribution in [2.24, 2.45) is 5.73 Å². The molecule has 3 N–H and O–H groups in total. The minimum absolute atomic E-state index is 0.199. The van der Waals surface area contributed by atoms with Crippen molar-refractivity contribution in [1.29, 1.82) is 0 Å². The molecule has 124 valence electrons. The lowest BCUT2D eigenvalue weighted by Crippen LogP contribution is -2.36. The normalized spacial score (nSPS) is 13.5. The fourth-order valence-corrected chi connectivity index (χ4v) is 3.69. The summed E-state index contributed by atoms with van der Waals surface area (Å²) in [7, 11) is 0. The summed E-state index contributed by atoms with van der Waals surface area (Å²) in [4.78, 5) is 12.0. The van der Waals surface area contributed by atoms with Crippen molar-refractivity contribution in [2.45, 2.75) is 31.7 Å². The summed E-state index contributed by atoms with van der Waals surface area (Å²) < 4.78 is 0. The van der Waals surface area contributed by atoms with E-state index in [9.17, 15) is 4.79 Å². The third-order valence-corrected chi connectivity index (χ3v) is 5.15. The van der Waals surface area contributed by atoms with Crippen LogP contribution in [0, 0.1) is 0 Å². The first kappa shape index (κ1) is 17.9. The molecule has 2 atom stereocenters. The highest BCUT2D eigenvalue weighted by atomic mass is 32.2. The predicted octanol–water partition coefficient (Wildman–Crippen LogP) is 3.10. The number of aromatic nitrogens is 2. The number of anilines is 1. The standard InChI is InChI=1S/C16H22N4OS2/c1-3-12(11-7-5-4-6-8-11)15-19-20-16(23-15)18-14(21)13(17)9-10-22-2/h4-8,12-13H,3,9-10,17H2,1-2H3,(H,18,20,21). The first-order chi connectivity index (χ1) is 11.2. The van der Waals surface area contributed by atoms with Crippen LogP contribution < -0.4 is 11.1 Å². The molecule has 1 amide bonds. The van der Waals surface area contributed by atoms with Gasteiger partial charge in [-0.25, -0.2) is 0 Å². The van der Waals surface area contributed by atoms with Gasteiger partial charge in [0.05, 0.1) is 6.04 Å². The Balaban J connectivity index is 2.03. The number of carbonyl (C=O) groups excluding carboxylic acids is 1. The Bertz CT molecular complexity index is 618. The third kappa shape index (κ3) is 5.02. The lowest BCUT2D eigenvalue weighted by atomic mass is 9.97. The van der Waals surface area contributed by atoms with Gasteiger partial charge in [0, 0.05) is 5.92 Å². The molecule has 0 radical (unpaired) electrons. The number of rotatable bonds is 8. The molecule has 0 spiro atoms. The van der Waals surface area contributed by atoms with Crippen LogP contribution in [-0.2, 0) is 4.79 Å². The van der Waals surface area contributed by atoms with E-state index in [0.717, 1.165) is 17.2 Å². The minimum Gasteiger partial charge on any atom is -0.320 e. The second kappa shape index (κ2) is 9.00. The summed E-state index contributed by atoms with van der Waals surface area (Å²) in [5.74, 6) is 0.862. The van der Waals surface area contributed by atoms with E-state index in [2.05, 4.69) is 34.6 Å². The predicted molar refractivity (Wildman–Crippen MR) is 98.1 cm³/mol. The van der Waals surface area contributed by atoms with Gasteiger partial charge >= 0.3 is 0 Å². The van der Waals surface area contributed by atoms with Crippen LogP contribution in [-0.4, -0.2) is 34.2 Å². The zero-order valence-corrected chi connectivity index (χ0v) is 15.0. The molecule has 0 aliphatic heterocycles. The zero-order chi connectivity index (χ0) is 16.7. The molecule has 1 aromatic carbocycles. The van der Waals surface area contributed by atoms with Gasteiger partial charge in [0.1, 0.15) is 5.01 Å². The molecule has 0 aliphatic rings. The Hall–Kier alpha value is -1.44. The van der Waals surface area contributed by atoms with Crippen molar-refractivity contribution < 1.29 is 4.79 Å². The van der Waals surface area contributed by atoms with Gasteiger partial charge in [-0.1, -0.05) is 48.6 Å². The topological polar surface area (TPSA) is 80.9 Å². The number of hydrogen-bond acceptors (Lipinski definition) is 6. The molecule has 0 fully saturated rings. The quantitative estimate of drug-likeness (QED) is 0.764. The van der Waals surface area contributed by atoms with Crippen LogP contribution in [0.25, 0.3) is 0 Å². The van der Waals surface area contributed by atoms with Crippen molar-refractivity contribution in [2.75, 3.05) is 17.3 Å². The van der Waals surface area contributed by atoms with Gasteiger partial charge in [0.15, 0.2) is 0 Å². The summed E-state index contributed by atoms with van der Waals surface area (Å²) in [6.45, 7) is 2.12. The molecule has 0 saturated carbocycles. The maximum atomic E-state index is 12.0. The zero-order valence-electron chi connectivity index (χ0n) is 13.4. The summed E-state index contributed by atoms with van der Waals surface area (Å²) in [5.41, 5.74) is 7.08. The second-order valence-electron chi connectivity index (χ2n) is 5.19. The summed E-state index contributed by atoms with van der Waals surface area (Å²) >= 11 is 3.09. The molecular weight excluding hydrogens is 328 g/mol. The first-order valence-corrected chi connectivity index (χ1v) is 9.80. The largest absolute Gasteiger partial charge is 0.320 e. The molecule has 0 aliphatic carbocycles. The first-order valence-electron chi connectivity index (χ1n) is 7.59. The smallest absolute Gasteiger partial charge is 0.243 e. The SMILES string of the molecule is CCC(c1ccccc1)c1nnc(NC(=O)C(N)CCSC)s1. The van der Waals surface area contributed by atoms with E-state index >= 15 is 0 Å². The Labute approximate surface area is 145 Å². The van der Waals surface area contributed by atoms with Gasteiger partial charge in [-0.05, 0) is 30.4 Å². The maximum absolute atomic E-state index is 12.0. The fraction of sp³-hybridized carbons (Fsp3) is 0.438. The lowest BCUT2D eigenvalue weighted by Gasteiger charge is -2.11. The molecule has 23 heavy (non-hydrogen) atoms. The van der Waals surface area contributed by atoms with Crippen LogP contribution in [0.2, 0.25) is 0 Å². The monoisotopic (exact) mass is 350 g/mol. The molecule has 1 heterocycles. The molecule has 5 nitrogen and oxygen atoms in total. The average molecular weight is 351 g/mol. The van der Waals surface area contributed by atoms with Gasteiger partial charge in [-0.2, -0.15) is 11.8 Å². The number of nitrogens with two attached hydrogens (primary N) is 1. The van der Waals surface area contributed by atoms with Gasteiger partial charge in [0.25, 0.3) is 0 Å². The van der Waals surface area contributed by atoms with Crippen LogP contribution in [0.5, 0.6) is 0 Å². The van der Waals surface area contributed by atoms with E-state index in [-0.39, 0.29) is 11.8 Å². The molecular formula is C16H22N4OS2. The Kier molecular flexibility index (Phi) is 7.01. The highest BCUT2D eigenvalue weighted by Crippen LogP contribution is 2.31. The molecule has 1 aromatic heterocycles. The number of carbonyl (C=O) groups is 1. The highest BCUT2D eigenvalue weighted by molar-refractivity contribution is 7.98.